The van der Waals surface area contributed by atoms with Crippen LogP contribution in [0.15, 0.2) is 60.2 Å². The number of anilines is 1. The summed E-state index contributed by atoms with van der Waals surface area (Å²) in [5, 5.41) is 12.8. The standard InChI is InChI=1S/C26H22ClIN2O3/c1-16-4-5-18(10-17(16)2)15-33-25-23(28)12-19(13-24(25)32-3)11-20(14-29)26(31)30-22-8-6-21(27)7-9-22/h4-13H,15H2,1-3H3,(H,30,31)/b20-11+. The molecular formula is C26H22ClIN2O3. The van der Waals surface area contributed by atoms with Crippen molar-refractivity contribution in [2.24, 2.45) is 0 Å². The van der Waals surface area contributed by atoms with Crippen LogP contribution in [0.3, 0.4) is 0 Å². The van der Waals surface area contributed by atoms with E-state index < -0.39 is 5.91 Å². The maximum absolute atomic E-state index is 12.6. The minimum atomic E-state index is -0.510. The number of ether oxygens (including phenoxy) is 2. The molecule has 7 heteroatoms. The molecule has 3 rings (SSSR count). The number of nitriles is 1. The van der Waals surface area contributed by atoms with Crippen molar-refractivity contribution in [3.63, 3.8) is 0 Å². The zero-order valence-electron chi connectivity index (χ0n) is 18.4. The van der Waals surface area contributed by atoms with Crippen molar-refractivity contribution in [1.29, 1.82) is 5.26 Å². The molecule has 0 aliphatic rings. The third-order valence-electron chi connectivity index (χ3n) is 4.98. The normalized spacial score (nSPS) is 11.0. The summed E-state index contributed by atoms with van der Waals surface area (Å²) in [4.78, 5) is 12.6. The number of carbonyl (C=O) groups excluding carboxylic acids is 1. The summed E-state index contributed by atoms with van der Waals surface area (Å²) < 4.78 is 12.4. The highest BCUT2D eigenvalue weighted by molar-refractivity contribution is 14.1. The number of carbonyl (C=O) groups is 1. The van der Waals surface area contributed by atoms with E-state index >= 15 is 0 Å². The molecule has 3 aromatic carbocycles. The van der Waals surface area contributed by atoms with Crippen molar-refractivity contribution in [3.05, 3.63) is 91.0 Å². The molecule has 0 aliphatic carbocycles. The Morgan fingerprint density at radius 3 is 2.48 bits per heavy atom. The smallest absolute Gasteiger partial charge is 0.266 e. The third-order valence-corrected chi connectivity index (χ3v) is 6.04. The predicted molar refractivity (Wildman–Crippen MR) is 140 cm³/mol. The SMILES string of the molecule is COc1cc(/C=C(\C#N)C(=O)Nc2ccc(Cl)cc2)cc(I)c1OCc1ccc(C)c(C)c1. The van der Waals surface area contributed by atoms with Gasteiger partial charge in [-0.15, -0.1) is 0 Å². The van der Waals surface area contributed by atoms with E-state index in [-0.39, 0.29) is 5.57 Å². The van der Waals surface area contributed by atoms with Gasteiger partial charge in [-0.05, 0) is 101 Å². The third kappa shape index (κ3) is 6.50. The van der Waals surface area contributed by atoms with E-state index in [0.717, 1.165) is 9.13 Å². The second-order valence-electron chi connectivity index (χ2n) is 7.37. The highest BCUT2D eigenvalue weighted by Gasteiger charge is 2.14. The molecule has 1 amide bonds. The number of methoxy groups -OCH3 is 1. The van der Waals surface area contributed by atoms with Crippen LogP contribution in [-0.2, 0) is 11.4 Å². The number of halogens is 2. The van der Waals surface area contributed by atoms with E-state index in [1.807, 2.05) is 18.2 Å². The van der Waals surface area contributed by atoms with Crippen LogP contribution in [0.5, 0.6) is 11.5 Å². The van der Waals surface area contributed by atoms with Crippen LogP contribution in [0, 0.1) is 28.7 Å². The molecule has 0 fully saturated rings. The molecule has 0 bridgehead atoms. The number of hydrogen-bond donors (Lipinski definition) is 1. The Balaban J connectivity index is 1.81. The van der Waals surface area contributed by atoms with Crippen molar-refractivity contribution in [1.82, 2.24) is 0 Å². The Hall–Kier alpha value is -3.02. The molecule has 0 saturated heterocycles. The Labute approximate surface area is 212 Å². The summed E-state index contributed by atoms with van der Waals surface area (Å²) in [7, 11) is 1.56. The average molecular weight is 573 g/mol. The fourth-order valence-electron chi connectivity index (χ4n) is 3.06. The van der Waals surface area contributed by atoms with Gasteiger partial charge in [0.05, 0.1) is 10.7 Å². The Kier molecular flexibility index (Phi) is 8.37. The van der Waals surface area contributed by atoms with Crippen molar-refractivity contribution in [3.8, 4) is 17.6 Å². The molecule has 168 valence electrons. The van der Waals surface area contributed by atoms with E-state index in [9.17, 15) is 10.1 Å². The molecule has 0 spiro atoms. The topological polar surface area (TPSA) is 71.3 Å². The maximum atomic E-state index is 12.6. The molecule has 0 aromatic heterocycles. The summed E-state index contributed by atoms with van der Waals surface area (Å²) in [6, 6.07) is 18.4. The van der Waals surface area contributed by atoms with Crippen LogP contribution in [0.1, 0.15) is 22.3 Å². The number of nitrogens with one attached hydrogen (secondary N) is 1. The van der Waals surface area contributed by atoms with Gasteiger partial charge >= 0.3 is 0 Å². The summed E-state index contributed by atoms with van der Waals surface area (Å²) in [6.07, 6.45) is 1.52. The zero-order chi connectivity index (χ0) is 24.0. The highest BCUT2D eigenvalue weighted by Crippen LogP contribution is 2.35. The number of amides is 1. The van der Waals surface area contributed by atoms with Gasteiger partial charge in [0.25, 0.3) is 5.91 Å². The lowest BCUT2D eigenvalue weighted by Gasteiger charge is -2.14. The summed E-state index contributed by atoms with van der Waals surface area (Å²) in [5.41, 5.74) is 4.66. The first-order valence-electron chi connectivity index (χ1n) is 10.1. The van der Waals surface area contributed by atoms with Gasteiger partial charge in [-0.2, -0.15) is 5.26 Å². The number of benzene rings is 3. The van der Waals surface area contributed by atoms with Crippen molar-refractivity contribution in [2.45, 2.75) is 20.5 Å². The van der Waals surface area contributed by atoms with E-state index in [1.165, 1.54) is 17.2 Å². The van der Waals surface area contributed by atoms with Gasteiger partial charge < -0.3 is 14.8 Å². The second-order valence-corrected chi connectivity index (χ2v) is 8.97. The van der Waals surface area contributed by atoms with Crippen molar-refractivity contribution in [2.75, 3.05) is 12.4 Å². The van der Waals surface area contributed by atoms with Crippen LogP contribution in [0.2, 0.25) is 5.02 Å². The second kappa shape index (κ2) is 11.2. The molecule has 0 atom stereocenters. The van der Waals surface area contributed by atoms with Gasteiger partial charge in [0.1, 0.15) is 18.2 Å². The lowest BCUT2D eigenvalue weighted by Crippen LogP contribution is -2.13. The molecule has 0 heterocycles. The molecule has 1 N–H and O–H groups in total. The van der Waals surface area contributed by atoms with Crippen LogP contribution in [0.25, 0.3) is 6.08 Å². The predicted octanol–water partition coefficient (Wildman–Crippen LogP) is 6.69. The first-order valence-corrected chi connectivity index (χ1v) is 11.5. The number of hydrogen-bond acceptors (Lipinski definition) is 4. The maximum Gasteiger partial charge on any atom is 0.266 e. The zero-order valence-corrected chi connectivity index (χ0v) is 21.3. The van der Waals surface area contributed by atoms with Gasteiger partial charge in [0, 0.05) is 10.7 Å². The molecule has 33 heavy (non-hydrogen) atoms. The Morgan fingerprint density at radius 1 is 1.12 bits per heavy atom. The van der Waals surface area contributed by atoms with Crippen LogP contribution < -0.4 is 14.8 Å². The first-order chi connectivity index (χ1) is 15.8. The average Bonchev–Trinajstić information content (AvgIpc) is 2.80. The highest BCUT2D eigenvalue weighted by atomic mass is 127. The molecule has 0 saturated carbocycles. The van der Waals surface area contributed by atoms with Crippen LogP contribution in [0.4, 0.5) is 5.69 Å². The summed E-state index contributed by atoms with van der Waals surface area (Å²) >= 11 is 8.03. The molecule has 0 aliphatic heterocycles. The van der Waals surface area contributed by atoms with E-state index in [4.69, 9.17) is 21.1 Å². The molecule has 3 aromatic rings. The quantitative estimate of drug-likeness (QED) is 0.194. The van der Waals surface area contributed by atoms with Crippen LogP contribution in [-0.4, -0.2) is 13.0 Å². The first kappa shape index (κ1) is 24.6. The minimum absolute atomic E-state index is 0.0356. The van der Waals surface area contributed by atoms with Crippen molar-refractivity contribution >= 4 is 51.9 Å². The lowest BCUT2D eigenvalue weighted by atomic mass is 10.1. The largest absolute Gasteiger partial charge is 0.493 e. The van der Waals surface area contributed by atoms with Crippen LogP contribution >= 0.6 is 34.2 Å². The van der Waals surface area contributed by atoms with E-state index in [2.05, 4.69) is 53.9 Å². The fraction of sp³-hybridized carbons (Fsp3) is 0.154. The molecule has 0 unspecified atom stereocenters. The lowest BCUT2D eigenvalue weighted by molar-refractivity contribution is -0.112. The molecule has 5 nitrogen and oxygen atoms in total. The number of aryl methyl sites for hydroxylation is 2. The van der Waals surface area contributed by atoms with Gasteiger partial charge in [-0.1, -0.05) is 29.8 Å². The van der Waals surface area contributed by atoms with Gasteiger partial charge in [-0.3, -0.25) is 4.79 Å². The molecular weight excluding hydrogens is 551 g/mol. The summed E-state index contributed by atoms with van der Waals surface area (Å²) in [5.74, 6) is 0.619. The number of rotatable bonds is 7. The Bertz CT molecular complexity index is 1250. The number of nitrogens with zero attached hydrogens (tertiary/aromatic N) is 1. The Morgan fingerprint density at radius 2 is 1.85 bits per heavy atom. The fourth-order valence-corrected chi connectivity index (χ4v) is 3.97. The van der Waals surface area contributed by atoms with E-state index in [0.29, 0.717) is 34.4 Å². The summed E-state index contributed by atoms with van der Waals surface area (Å²) in [6.45, 7) is 4.54. The molecule has 0 radical (unpaired) electrons. The van der Waals surface area contributed by atoms with Gasteiger partial charge in [0.2, 0.25) is 0 Å². The monoisotopic (exact) mass is 572 g/mol. The van der Waals surface area contributed by atoms with Gasteiger partial charge in [0.15, 0.2) is 11.5 Å². The minimum Gasteiger partial charge on any atom is -0.493 e. The van der Waals surface area contributed by atoms with E-state index in [1.54, 1.807) is 37.4 Å². The van der Waals surface area contributed by atoms with Gasteiger partial charge in [-0.25, -0.2) is 0 Å². The van der Waals surface area contributed by atoms with Crippen molar-refractivity contribution < 1.29 is 14.3 Å².